The lowest BCUT2D eigenvalue weighted by Crippen LogP contribution is -2.17. The number of anilines is 2. The van der Waals surface area contributed by atoms with Crippen LogP contribution in [0.2, 0.25) is 0 Å². The summed E-state index contributed by atoms with van der Waals surface area (Å²) in [5.74, 6) is 0.450. The third-order valence-electron chi connectivity index (χ3n) is 4.37. The molecule has 1 N–H and O–H groups in total. The molecule has 0 aliphatic carbocycles. The fraction of sp³-hybridized carbons (Fsp3) is 0.278. The zero-order valence-electron chi connectivity index (χ0n) is 14.2. The fourth-order valence-corrected chi connectivity index (χ4v) is 3.02. The summed E-state index contributed by atoms with van der Waals surface area (Å²) in [6.45, 7) is 2.71. The van der Waals surface area contributed by atoms with E-state index >= 15 is 0 Å². The van der Waals surface area contributed by atoms with Crippen LogP contribution in [0.3, 0.4) is 0 Å². The number of hydrogen-bond donors (Lipinski definition) is 1. The van der Waals surface area contributed by atoms with Gasteiger partial charge in [0.1, 0.15) is 30.0 Å². The second kappa shape index (κ2) is 8.14. The van der Waals surface area contributed by atoms with Gasteiger partial charge >= 0.3 is 0 Å². The number of nitrogens with zero attached hydrogens (tertiary/aromatic N) is 5. The van der Waals surface area contributed by atoms with E-state index in [1.54, 1.807) is 6.07 Å². The predicted octanol–water partition coefficient (Wildman–Crippen LogP) is 3.44. The Labute approximate surface area is 157 Å². The van der Waals surface area contributed by atoms with E-state index in [1.165, 1.54) is 36.2 Å². The van der Waals surface area contributed by atoms with E-state index in [2.05, 4.69) is 31.3 Å². The molecule has 4 rings (SSSR count). The maximum absolute atomic E-state index is 14.2. The van der Waals surface area contributed by atoms with Gasteiger partial charge in [0.05, 0.1) is 11.9 Å². The van der Waals surface area contributed by atoms with Crippen LogP contribution in [0.15, 0.2) is 49.2 Å². The van der Waals surface area contributed by atoms with E-state index in [0.717, 1.165) is 30.2 Å². The number of halogens is 2. The molecule has 0 bridgehead atoms. The smallest absolute Gasteiger partial charge is 0.149 e. The lowest BCUT2D eigenvalue weighted by Gasteiger charge is -2.17. The van der Waals surface area contributed by atoms with Gasteiger partial charge in [-0.2, -0.15) is 5.10 Å². The number of benzene rings is 1. The minimum absolute atomic E-state index is 0. The Balaban J connectivity index is 0.00000196. The van der Waals surface area contributed by atoms with Crippen LogP contribution < -0.4 is 10.2 Å². The van der Waals surface area contributed by atoms with Gasteiger partial charge in [0.2, 0.25) is 0 Å². The van der Waals surface area contributed by atoms with Crippen molar-refractivity contribution in [2.75, 3.05) is 23.3 Å². The minimum Gasteiger partial charge on any atom is -0.370 e. The molecular weight excluding hydrogens is 355 g/mol. The molecule has 1 fully saturated rings. The molecule has 3 heterocycles. The Morgan fingerprint density at radius 2 is 1.96 bits per heavy atom. The summed E-state index contributed by atoms with van der Waals surface area (Å²) in [4.78, 5) is 10.6. The zero-order chi connectivity index (χ0) is 17.1. The number of pyridine rings is 1. The number of hydrogen-bond acceptors (Lipinski definition) is 5. The standard InChI is InChI=1S/C18H19FN6.ClH/c19-16-9-14(3-5-17(16)25-13-20-12-23-25)10-21-18-6-4-15(11-22-18)24-7-1-2-8-24;/h3-6,9,11-13H,1-2,7-8,10H2,(H,21,22);1H. The Kier molecular flexibility index (Phi) is 5.68. The topological polar surface area (TPSA) is 58.9 Å². The fourth-order valence-electron chi connectivity index (χ4n) is 3.02. The van der Waals surface area contributed by atoms with Gasteiger partial charge in [0, 0.05) is 19.6 Å². The van der Waals surface area contributed by atoms with Crippen LogP contribution in [0.1, 0.15) is 18.4 Å². The highest BCUT2D eigenvalue weighted by Crippen LogP contribution is 2.20. The SMILES string of the molecule is Cl.Fc1cc(CNc2ccc(N3CCCC3)cn2)ccc1-n1cncn1. The van der Waals surface area contributed by atoms with Gasteiger partial charge in [-0.25, -0.2) is 19.0 Å². The normalized spacial score (nSPS) is 13.5. The van der Waals surface area contributed by atoms with E-state index in [9.17, 15) is 4.39 Å². The van der Waals surface area contributed by atoms with Crippen molar-refractivity contribution in [3.05, 3.63) is 60.6 Å². The highest BCUT2D eigenvalue weighted by molar-refractivity contribution is 5.85. The summed E-state index contributed by atoms with van der Waals surface area (Å²) in [6, 6.07) is 9.11. The van der Waals surface area contributed by atoms with Crippen molar-refractivity contribution in [3.63, 3.8) is 0 Å². The van der Waals surface area contributed by atoms with Crippen LogP contribution in [-0.2, 0) is 6.54 Å². The van der Waals surface area contributed by atoms with Crippen molar-refractivity contribution in [3.8, 4) is 5.69 Å². The molecule has 0 saturated carbocycles. The molecule has 0 unspecified atom stereocenters. The van der Waals surface area contributed by atoms with Crippen LogP contribution in [0.25, 0.3) is 5.69 Å². The lowest BCUT2D eigenvalue weighted by atomic mass is 10.2. The Morgan fingerprint density at radius 1 is 1.12 bits per heavy atom. The molecule has 1 saturated heterocycles. The van der Waals surface area contributed by atoms with Gasteiger partial charge in [0.25, 0.3) is 0 Å². The minimum atomic E-state index is -0.331. The molecule has 0 spiro atoms. The van der Waals surface area contributed by atoms with Crippen molar-refractivity contribution in [2.24, 2.45) is 0 Å². The molecule has 1 aliphatic heterocycles. The molecule has 1 aromatic carbocycles. The summed E-state index contributed by atoms with van der Waals surface area (Å²) >= 11 is 0. The van der Waals surface area contributed by atoms with Gasteiger partial charge in [-0.05, 0) is 42.7 Å². The summed E-state index contributed by atoms with van der Waals surface area (Å²) in [6.07, 6.45) is 7.24. The van der Waals surface area contributed by atoms with Gasteiger partial charge in [-0.1, -0.05) is 6.07 Å². The van der Waals surface area contributed by atoms with Crippen molar-refractivity contribution < 1.29 is 4.39 Å². The highest BCUT2D eigenvalue weighted by Gasteiger charge is 2.12. The third-order valence-corrected chi connectivity index (χ3v) is 4.37. The van der Waals surface area contributed by atoms with Crippen LogP contribution in [0, 0.1) is 5.82 Å². The first-order valence-corrected chi connectivity index (χ1v) is 8.38. The summed E-state index contributed by atoms with van der Waals surface area (Å²) in [7, 11) is 0. The Bertz CT molecular complexity index is 831. The third kappa shape index (κ3) is 3.94. The molecule has 0 atom stereocenters. The van der Waals surface area contributed by atoms with Crippen molar-refractivity contribution in [1.82, 2.24) is 19.7 Å². The summed E-state index contributed by atoms with van der Waals surface area (Å²) in [5.41, 5.74) is 2.38. The van der Waals surface area contributed by atoms with E-state index in [-0.39, 0.29) is 18.2 Å². The highest BCUT2D eigenvalue weighted by atomic mass is 35.5. The molecule has 0 amide bonds. The first-order valence-electron chi connectivity index (χ1n) is 8.38. The average Bonchev–Trinajstić information content (AvgIpc) is 3.34. The van der Waals surface area contributed by atoms with Gasteiger partial charge in [-0.3, -0.25) is 0 Å². The maximum atomic E-state index is 14.2. The van der Waals surface area contributed by atoms with Crippen LogP contribution in [0.4, 0.5) is 15.9 Å². The first-order chi connectivity index (χ1) is 12.3. The first kappa shape index (κ1) is 18.1. The Morgan fingerprint density at radius 3 is 2.62 bits per heavy atom. The maximum Gasteiger partial charge on any atom is 0.149 e. The quantitative estimate of drug-likeness (QED) is 0.741. The Hall–Kier alpha value is -2.67. The zero-order valence-corrected chi connectivity index (χ0v) is 15.0. The number of nitrogens with one attached hydrogen (secondary N) is 1. The molecule has 8 heteroatoms. The van der Waals surface area contributed by atoms with Crippen molar-refractivity contribution >= 4 is 23.9 Å². The molecular formula is C18H20ClFN6. The van der Waals surface area contributed by atoms with Crippen LogP contribution >= 0.6 is 12.4 Å². The second-order valence-corrected chi connectivity index (χ2v) is 6.08. The molecule has 6 nitrogen and oxygen atoms in total. The van der Waals surface area contributed by atoms with E-state index in [1.807, 2.05) is 18.3 Å². The van der Waals surface area contributed by atoms with Crippen molar-refractivity contribution in [2.45, 2.75) is 19.4 Å². The molecule has 136 valence electrons. The lowest BCUT2D eigenvalue weighted by molar-refractivity contribution is 0.608. The van der Waals surface area contributed by atoms with Gasteiger partial charge in [0.15, 0.2) is 0 Å². The average molecular weight is 375 g/mol. The van der Waals surface area contributed by atoms with E-state index in [4.69, 9.17) is 0 Å². The largest absolute Gasteiger partial charge is 0.370 e. The van der Waals surface area contributed by atoms with E-state index < -0.39 is 0 Å². The summed E-state index contributed by atoms with van der Waals surface area (Å²) in [5, 5.41) is 7.18. The molecule has 3 aromatic rings. The van der Waals surface area contributed by atoms with Crippen molar-refractivity contribution in [1.29, 1.82) is 0 Å². The van der Waals surface area contributed by atoms with Gasteiger partial charge < -0.3 is 10.2 Å². The number of rotatable bonds is 5. The van der Waals surface area contributed by atoms with Crippen LogP contribution in [0.5, 0.6) is 0 Å². The number of aromatic nitrogens is 4. The van der Waals surface area contributed by atoms with Crippen LogP contribution in [-0.4, -0.2) is 32.8 Å². The predicted molar refractivity (Wildman–Crippen MR) is 102 cm³/mol. The van der Waals surface area contributed by atoms with Gasteiger partial charge in [-0.15, -0.1) is 12.4 Å². The van der Waals surface area contributed by atoms with E-state index in [0.29, 0.717) is 12.2 Å². The molecule has 26 heavy (non-hydrogen) atoms. The monoisotopic (exact) mass is 374 g/mol. The molecule has 2 aromatic heterocycles. The molecule has 0 radical (unpaired) electrons. The second-order valence-electron chi connectivity index (χ2n) is 6.08. The summed E-state index contributed by atoms with van der Waals surface area (Å²) < 4.78 is 15.6. The molecule has 1 aliphatic rings.